The molecule has 3 heterocycles. The number of nitrogens with zero attached hydrogens (tertiary/aromatic N) is 3. The lowest BCUT2D eigenvalue weighted by molar-refractivity contribution is -0.274. The monoisotopic (exact) mass is 614 g/mol. The minimum atomic E-state index is -4.80. The first-order valence-electron chi connectivity index (χ1n) is 13.0. The van der Waals surface area contributed by atoms with Crippen LogP contribution in [0.3, 0.4) is 0 Å². The predicted molar refractivity (Wildman–Crippen MR) is 146 cm³/mol. The number of alkyl halides is 3. The maximum atomic E-state index is 13.7. The van der Waals surface area contributed by atoms with Crippen molar-refractivity contribution in [2.75, 3.05) is 19.6 Å². The lowest BCUT2D eigenvalue weighted by Gasteiger charge is -2.39. The smallest absolute Gasteiger partial charge is 0.469 e. The number of ether oxygens (including phenoxy) is 2. The Balaban J connectivity index is 1.36. The van der Waals surface area contributed by atoms with Crippen molar-refractivity contribution < 1.29 is 31.8 Å². The summed E-state index contributed by atoms with van der Waals surface area (Å²) in [5.41, 5.74) is 0.821. The Morgan fingerprint density at radius 3 is 2.37 bits per heavy atom. The van der Waals surface area contributed by atoms with Gasteiger partial charge in [0.1, 0.15) is 11.9 Å². The van der Waals surface area contributed by atoms with Crippen LogP contribution in [0.1, 0.15) is 48.2 Å². The van der Waals surface area contributed by atoms with Gasteiger partial charge in [0.15, 0.2) is 0 Å². The summed E-state index contributed by atoms with van der Waals surface area (Å²) in [5, 5.41) is 3.21. The topological polar surface area (TPSA) is 76.6 Å². The van der Waals surface area contributed by atoms with Crippen molar-refractivity contribution in [1.29, 1.82) is 0 Å². The molecule has 1 N–H and O–H groups in total. The normalized spacial score (nSPS) is 16.2. The number of carbonyl (C=O) groups is 1. The zero-order valence-corrected chi connectivity index (χ0v) is 23.5. The molecule has 4 rings (SSSR count). The molecule has 1 aliphatic rings. The van der Waals surface area contributed by atoms with Gasteiger partial charge in [0, 0.05) is 37.0 Å². The molecule has 7 nitrogen and oxygen atoms in total. The highest BCUT2D eigenvalue weighted by atomic mass is 35.5. The molecular formula is C28H28Cl2F4N4O3. The molecule has 13 heteroatoms. The van der Waals surface area contributed by atoms with Gasteiger partial charge in [-0.25, -0.2) is 0 Å². The van der Waals surface area contributed by atoms with Crippen molar-refractivity contribution in [2.45, 2.75) is 44.7 Å². The summed E-state index contributed by atoms with van der Waals surface area (Å²) in [4.78, 5) is 22.5. The number of piperidine rings is 1. The molecule has 1 aliphatic heterocycles. The number of amides is 1. The molecule has 2 atom stereocenters. The van der Waals surface area contributed by atoms with Crippen molar-refractivity contribution in [1.82, 2.24) is 20.2 Å². The summed E-state index contributed by atoms with van der Waals surface area (Å²) >= 11 is 12.1. The zero-order chi connectivity index (χ0) is 29.6. The summed E-state index contributed by atoms with van der Waals surface area (Å²) in [5.74, 6) is -1.32. The fourth-order valence-corrected chi connectivity index (χ4v) is 5.37. The maximum Gasteiger partial charge on any atom is 0.573 e. The van der Waals surface area contributed by atoms with Gasteiger partial charge >= 0.3 is 6.36 Å². The molecule has 1 amide bonds. The molecule has 0 bridgehead atoms. The van der Waals surface area contributed by atoms with Gasteiger partial charge in [-0.2, -0.15) is 9.37 Å². The van der Waals surface area contributed by atoms with Crippen molar-refractivity contribution in [3.8, 4) is 11.6 Å². The molecule has 41 heavy (non-hydrogen) atoms. The minimum Gasteiger partial charge on any atom is -0.469 e. The van der Waals surface area contributed by atoms with Gasteiger partial charge in [-0.05, 0) is 63.0 Å². The third-order valence-corrected chi connectivity index (χ3v) is 7.51. The van der Waals surface area contributed by atoms with Crippen molar-refractivity contribution in [3.05, 3.63) is 82.0 Å². The van der Waals surface area contributed by atoms with Crippen LogP contribution in [0.15, 0.2) is 54.9 Å². The number of rotatable bonds is 10. The van der Waals surface area contributed by atoms with E-state index in [1.54, 1.807) is 0 Å². The average molecular weight is 615 g/mol. The summed E-state index contributed by atoms with van der Waals surface area (Å²) in [6.07, 6.45) is -0.503. The highest BCUT2D eigenvalue weighted by molar-refractivity contribution is 6.39. The Bertz CT molecular complexity index is 1300. The standard InChI is InChI=1S/C28H28Cl2F4N4O3/c1-17(9-12-36-27(39)25-21(29)15-35-16-22(25)30)38-13-10-19(11-14-38)26(40-24-4-2-3-23(31)37-24)18-5-7-20(8-6-18)41-28(32,33)34/h2-8,15-17,19,26H,9-14H2,1H3,(H,36,39). The lowest BCUT2D eigenvalue weighted by atomic mass is 9.86. The second-order valence-corrected chi connectivity index (χ2v) is 10.5. The highest BCUT2D eigenvalue weighted by Crippen LogP contribution is 2.36. The number of hydrogen-bond donors (Lipinski definition) is 1. The minimum absolute atomic E-state index is 0.00595. The third-order valence-electron chi connectivity index (χ3n) is 6.93. The number of benzene rings is 1. The molecule has 0 radical (unpaired) electrons. The lowest BCUT2D eigenvalue weighted by Crippen LogP contribution is -2.43. The first-order valence-corrected chi connectivity index (χ1v) is 13.7. The summed E-state index contributed by atoms with van der Waals surface area (Å²) in [7, 11) is 0. The molecule has 1 aromatic carbocycles. The second kappa shape index (κ2) is 13.7. The van der Waals surface area contributed by atoms with Crippen molar-refractivity contribution in [3.63, 3.8) is 0 Å². The molecule has 0 spiro atoms. The van der Waals surface area contributed by atoms with E-state index in [0.717, 1.165) is 25.9 Å². The summed E-state index contributed by atoms with van der Waals surface area (Å²) in [6.45, 7) is 3.95. The van der Waals surface area contributed by atoms with E-state index in [4.69, 9.17) is 27.9 Å². The Labute approximate surface area is 244 Å². The van der Waals surface area contributed by atoms with E-state index in [9.17, 15) is 22.4 Å². The number of halogens is 6. The number of hydrogen-bond acceptors (Lipinski definition) is 6. The molecule has 1 saturated heterocycles. The first kappa shape index (κ1) is 30.8. The number of likely N-dealkylation sites (tertiary alicyclic amines) is 1. The molecule has 1 fully saturated rings. The van der Waals surface area contributed by atoms with Crippen LogP contribution in [-0.2, 0) is 0 Å². The molecule has 220 valence electrons. The Kier molecular flexibility index (Phi) is 10.3. The van der Waals surface area contributed by atoms with Crippen molar-refractivity contribution in [2.24, 2.45) is 5.92 Å². The van der Waals surface area contributed by atoms with Crippen LogP contribution in [0.2, 0.25) is 10.0 Å². The number of carbonyl (C=O) groups excluding carboxylic acids is 1. The first-order chi connectivity index (χ1) is 19.5. The van der Waals surface area contributed by atoms with E-state index in [2.05, 4.69) is 31.8 Å². The summed E-state index contributed by atoms with van der Waals surface area (Å²) < 4.78 is 61.7. The fourth-order valence-electron chi connectivity index (χ4n) is 4.84. The van der Waals surface area contributed by atoms with E-state index in [1.807, 2.05) is 0 Å². The van der Waals surface area contributed by atoms with E-state index < -0.39 is 18.4 Å². The Hall–Kier alpha value is -3.15. The molecular weight excluding hydrogens is 587 g/mol. The van der Waals surface area contributed by atoms with Gasteiger partial charge in [-0.1, -0.05) is 41.4 Å². The second-order valence-electron chi connectivity index (χ2n) is 9.70. The van der Waals surface area contributed by atoms with Gasteiger partial charge in [0.25, 0.3) is 5.91 Å². The highest BCUT2D eigenvalue weighted by Gasteiger charge is 2.33. The quantitative estimate of drug-likeness (QED) is 0.198. The average Bonchev–Trinajstić information content (AvgIpc) is 2.91. The van der Waals surface area contributed by atoms with E-state index in [-0.39, 0.29) is 45.1 Å². The maximum absolute atomic E-state index is 13.7. The Morgan fingerprint density at radius 1 is 1.10 bits per heavy atom. The van der Waals surface area contributed by atoms with Crippen molar-refractivity contribution >= 4 is 29.1 Å². The van der Waals surface area contributed by atoms with E-state index in [0.29, 0.717) is 18.5 Å². The van der Waals surface area contributed by atoms with Gasteiger partial charge < -0.3 is 19.7 Å². The van der Waals surface area contributed by atoms with Gasteiger partial charge in [0.2, 0.25) is 11.8 Å². The molecule has 2 aromatic heterocycles. The van der Waals surface area contributed by atoms with Gasteiger partial charge in [0.05, 0.1) is 15.6 Å². The zero-order valence-electron chi connectivity index (χ0n) is 22.0. The van der Waals surface area contributed by atoms with Crippen LogP contribution >= 0.6 is 23.2 Å². The molecule has 2 unspecified atom stereocenters. The fraction of sp³-hybridized carbons (Fsp3) is 0.393. The number of pyridine rings is 2. The molecule has 3 aromatic rings. The van der Waals surface area contributed by atoms with E-state index >= 15 is 0 Å². The van der Waals surface area contributed by atoms with Crippen LogP contribution < -0.4 is 14.8 Å². The van der Waals surface area contributed by atoms with Crippen LogP contribution in [-0.4, -0.2) is 52.8 Å². The van der Waals surface area contributed by atoms with Gasteiger partial charge in [-0.3, -0.25) is 9.78 Å². The van der Waals surface area contributed by atoms with Crippen LogP contribution in [0.25, 0.3) is 0 Å². The van der Waals surface area contributed by atoms with Crippen LogP contribution in [0, 0.1) is 11.9 Å². The largest absolute Gasteiger partial charge is 0.573 e. The number of nitrogens with one attached hydrogen (secondary N) is 1. The molecule has 0 saturated carbocycles. The SMILES string of the molecule is CC(CCNC(=O)c1c(Cl)cncc1Cl)N1CCC(C(Oc2cccc(F)n2)c2ccc(OC(F)(F)F)cc2)CC1. The Morgan fingerprint density at radius 2 is 1.76 bits per heavy atom. The van der Waals surface area contributed by atoms with Gasteiger partial charge in [-0.15, -0.1) is 13.2 Å². The number of aromatic nitrogens is 2. The third kappa shape index (κ3) is 8.67. The van der Waals surface area contributed by atoms with Crippen LogP contribution in [0.5, 0.6) is 11.6 Å². The van der Waals surface area contributed by atoms with E-state index in [1.165, 1.54) is 54.9 Å². The summed E-state index contributed by atoms with van der Waals surface area (Å²) in [6, 6.07) is 9.87. The van der Waals surface area contributed by atoms with Crippen LogP contribution in [0.4, 0.5) is 17.6 Å². The molecule has 0 aliphatic carbocycles. The predicted octanol–water partition coefficient (Wildman–Crippen LogP) is 6.86.